The number of hydrogen-bond donors (Lipinski definition) is 1. The molecule has 1 heterocycles. The molecule has 1 aromatic rings. The van der Waals surface area contributed by atoms with Crippen molar-refractivity contribution in [2.45, 2.75) is 45.7 Å². The van der Waals surface area contributed by atoms with Gasteiger partial charge in [0.05, 0.1) is 0 Å². The number of nitrogens with zero attached hydrogens (tertiary/aromatic N) is 2. The molecule has 1 fully saturated rings. The van der Waals surface area contributed by atoms with Gasteiger partial charge in [-0.3, -0.25) is 4.90 Å². The van der Waals surface area contributed by atoms with Crippen LogP contribution in [-0.2, 0) is 0 Å². The van der Waals surface area contributed by atoms with Crippen molar-refractivity contribution in [1.82, 2.24) is 15.1 Å². The van der Waals surface area contributed by atoms with E-state index in [2.05, 4.69) is 66.2 Å². The summed E-state index contributed by atoms with van der Waals surface area (Å²) >= 11 is 0. The van der Waals surface area contributed by atoms with Crippen molar-refractivity contribution in [2.24, 2.45) is 0 Å². The summed E-state index contributed by atoms with van der Waals surface area (Å²) in [5, 5.41) is 3.80. The Balaban J connectivity index is 1.82. The Morgan fingerprint density at radius 1 is 1.05 bits per heavy atom. The minimum atomic E-state index is 0.491. The summed E-state index contributed by atoms with van der Waals surface area (Å²) < 4.78 is 0. The molecule has 1 N–H and O–H groups in total. The van der Waals surface area contributed by atoms with Crippen LogP contribution in [-0.4, -0.2) is 55.1 Å². The van der Waals surface area contributed by atoms with Crippen LogP contribution in [0.4, 0.5) is 0 Å². The van der Waals surface area contributed by atoms with Gasteiger partial charge in [0.1, 0.15) is 0 Å². The number of nitrogens with one attached hydrogen (secondary N) is 1. The van der Waals surface area contributed by atoms with Gasteiger partial charge in [0.15, 0.2) is 0 Å². The van der Waals surface area contributed by atoms with E-state index < -0.39 is 0 Å². The summed E-state index contributed by atoms with van der Waals surface area (Å²) in [6.45, 7) is 14.0. The zero-order chi connectivity index (χ0) is 15.8. The van der Waals surface area contributed by atoms with Gasteiger partial charge in [0, 0.05) is 44.8 Å². The molecule has 2 unspecified atom stereocenters. The second-order valence-electron chi connectivity index (χ2n) is 6.48. The van der Waals surface area contributed by atoms with E-state index in [4.69, 9.17) is 0 Å². The van der Waals surface area contributed by atoms with E-state index in [1.165, 1.54) is 51.1 Å². The van der Waals surface area contributed by atoms with Crippen LogP contribution in [0.15, 0.2) is 30.3 Å². The monoisotopic (exact) mass is 303 g/mol. The topological polar surface area (TPSA) is 18.5 Å². The van der Waals surface area contributed by atoms with Crippen LogP contribution >= 0.6 is 0 Å². The predicted molar refractivity (Wildman–Crippen MR) is 95.2 cm³/mol. The van der Waals surface area contributed by atoms with E-state index >= 15 is 0 Å². The zero-order valence-corrected chi connectivity index (χ0v) is 14.6. The van der Waals surface area contributed by atoms with Gasteiger partial charge in [-0.15, -0.1) is 0 Å². The first-order valence-corrected chi connectivity index (χ1v) is 8.99. The lowest BCUT2D eigenvalue weighted by molar-refractivity contribution is 0.104. The molecule has 0 aliphatic carbocycles. The van der Waals surface area contributed by atoms with Crippen LogP contribution in [0.25, 0.3) is 0 Å². The molecule has 2 atom stereocenters. The van der Waals surface area contributed by atoms with Gasteiger partial charge in [-0.25, -0.2) is 0 Å². The molecule has 1 aliphatic heterocycles. The molecule has 2 rings (SSSR count). The first-order valence-electron chi connectivity index (χ1n) is 8.99. The molecule has 0 bridgehead atoms. The highest BCUT2D eigenvalue weighted by Gasteiger charge is 2.21. The highest BCUT2D eigenvalue weighted by atomic mass is 15.3. The van der Waals surface area contributed by atoms with Gasteiger partial charge in [-0.2, -0.15) is 0 Å². The normalized spacial score (nSPS) is 20.0. The number of piperazine rings is 1. The Labute approximate surface area is 136 Å². The lowest BCUT2D eigenvalue weighted by Gasteiger charge is -2.38. The second-order valence-corrected chi connectivity index (χ2v) is 6.48. The van der Waals surface area contributed by atoms with Gasteiger partial charge in [-0.05, 0) is 25.5 Å². The van der Waals surface area contributed by atoms with Gasteiger partial charge in [-0.1, -0.05) is 50.6 Å². The quantitative estimate of drug-likeness (QED) is 0.796. The van der Waals surface area contributed by atoms with Crippen LogP contribution in [0, 0.1) is 0 Å². The minimum absolute atomic E-state index is 0.491. The number of benzene rings is 1. The van der Waals surface area contributed by atoms with E-state index in [9.17, 15) is 0 Å². The third-order valence-electron chi connectivity index (χ3n) is 4.92. The standard InChI is InChI=1S/C19H33N3/c1-4-9-19(18-10-7-6-8-11-18)20-16-17(3)22-14-12-21(5-2)13-15-22/h6-8,10-11,17,19-20H,4-5,9,12-16H2,1-3H3. The number of likely N-dealkylation sites (N-methyl/N-ethyl adjacent to an activating group) is 1. The Morgan fingerprint density at radius 2 is 1.73 bits per heavy atom. The molecule has 0 aromatic heterocycles. The molecule has 0 saturated carbocycles. The second kappa shape index (κ2) is 9.29. The Hall–Kier alpha value is -0.900. The molecular formula is C19H33N3. The van der Waals surface area contributed by atoms with E-state index in [0.29, 0.717) is 12.1 Å². The van der Waals surface area contributed by atoms with Gasteiger partial charge in [0.2, 0.25) is 0 Å². The largest absolute Gasteiger partial charge is 0.308 e. The number of hydrogen-bond acceptors (Lipinski definition) is 3. The molecular weight excluding hydrogens is 270 g/mol. The van der Waals surface area contributed by atoms with Crippen LogP contribution in [0.2, 0.25) is 0 Å². The van der Waals surface area contributed by atoms with E-state index in [-0.39, 0.29) is 0 Å². The fourth-order valence-corrected chi connectivity index (χ4v) is 3.32. The van der Waals surface area contributed by atoms with Gasteiger partial charge >= 0.3 is 0 Å². The van der Waals surface area contributed by atoms with E-state index in [1.54, 1.807) is 0 Å². The van der Waals surface area contributed by atoms with Crippen molar-refractivity contribution in [2.75, 3.05) is 39.3 Å². The smallest absolute Gasteiger partial charge is 0.0320 e. The van der Waals surface area contributed by atoms with Crippen molar-refractivity contribution in [1.29, 1.82) is 0 Å². The third kappa shape index (κ3) is 5.08. The highest BCUT2D eigenvalue weighted by Crippen LogP contribution is 2.18. The molecule has 22 heavy (non-hydrogen) atoms. The number of rotatable bonds is 8. The van der Waals surface area contributed by atoms with Crippen LogP contribution in [0.5, 0.6) is 0 Å². The fraction of sp³-hybridized carbons (Fsp3) is 0.684. The summed E-state index contributed by atoms with van der Waals surface area (Å²) in [7, 11) is 0. The maximum Gasteiger partial charge on any atom is 0.0320 e. The minimum Gasteiger partial charge on any atom is -0.308 e. The van der Waals surface area contributed by atoms with Crippen molar-refractivity contribution >= 4 is 0 Å². The van der Waals surface area contributed by atoms with Crippen molar-refractivity contribution in [3.05, 3.63) is 35.9 Å². The molecule has 1 saturated heterocycles. The average Bonchev–Trinajstić information content (AvgIpc) is 2.59. The molecule has 0 spiro atoms. The van der Waals surface area contributed by atoms with Crippen molar-refractivity contribution in [3.8, 4) is 0 Å². The Morgan fingerprint density at radius 3 is 2.32 bits per heavy atom. The maximum absolute atomic E-state index is 3.80. The molecule has 0 radical (unpaired) electrons. The lowest BCUT2D eigenvalue weighted by Crippen LogP contribution is -2.51. The zero-order valence-electron chi connectivity index (χ0n) is 14.6. The predicted octanol–water partition coefficient (Wildman–Crippen LogP) is 3.14. The fourth-order valence-electron chi connectivity index (χ4n) is 3.32. The molecule has 3 heteroatoms. The first-order chi connectivity index (χ1) is 10.7. The summed E-state index contributed by atoms with van der Waals surface area (Å²) in [6, 6.07) is 12.0. The van der Waals surface area contributed by atoms with Crippen molar-refractivity contribution < 1.29 is 0 Å². The van der Waals surface area contributed by atoms with Crippen LogP contribution in [0.3, 0.4) is 0 Å². The summed E-state index contributed by atoms with van der Waals surface area (Å²) in [6.07, 6.45) is 2.43. The summed E-state index contributed by atoms with van der Waals surface area (Å²) in [5.74, 6) is 0. The van der Waals surface area contributed by atoms with Crippen molar-refractivity contribution in [3.63, 3.8) is 0 Å². The average molecular weight is 303 g/mol. The molecule has 1 aliphatic rings. The summed E-state index contributed by atoms with van der Waals surface area (Å²) in [4.78, 5) is 5.17. The summed E-state index contributed by atoms with van der Waals surface area (Å²) in [5.41, 5.74) is 1.42. The molecule has 1 aromatic carbocycles. The van der Waals surface area contributed by atoms with Crippen LogP contribution in [0.1, 0.15) is 45.2 Å². The SMILES string of the molecule is CCCC(NCC(C)N1CCN(CC)CC1)c1ccccc1. The first kappa shape index (κ1) is 17.5. The molecule has 3 nitrogen and oxygen atoms in total. The lowest BCUT2D eigenvalue weighted by atomic mass is 10.0. The highest BCUT2D eigenvalue weighted by molar-refractivity contribution is 5.18. The van der Waals surface area contributed by atoms with Crippen LogP contribution < -0.4 is 5.32 Å². The molecule has 124 valence electrons. The van der Waals surface area contributed by atoms with E-state index in [1.807, 2.05) is 0 Å². The Bertz CT molecular complexity index is 398. The van der Waals surface area contributed by atoms with Gasteiger partial charge < -0.3 is 10.2 Å². The maximum atomic E-state index is 3.80. The van der Waals surface area contributed by atoms with E-state index in [0.717, 1.165) is 6.54 Å². The molecule has 0 amide bonds. The third-order valence-corrected chi connectivity index (χ3v) is 4.92. The van der Waals surface area contributed by atoms with Gasteiger partial charge in [0.25, 0.3) is 0 Å². The Kier molecular flexibility index (Phi) is 7.37.